The van der Waals surface area contributed by atoms with Crippen LogP contribution in [-0.4, -0.2) is 25.7 Å². The van der Waals surface area contributed by atoms with E-state index >= 15 is 0 Å². The van der Waals surface area contributed by atoms with Crippen molar-refractivity contribution >= 4 is 5.91 Å². The minimum absolute atomic E-state index is 0.0865. The van der Waals surface area contributed by atoms with Crippen molar-refractivity contribution in [3.8, 4) is 0 Å². The molecule has 0 heterocycles. The van der Waals surface area contributed by atoms with Crippen LogP contribution in [-0.2, 0) is 14.4 Å². The summed E-state index contributed by atoms with van der Waals surface area (Å²) >= 11 is 0. The number of hydrogen-bond acceptors (Lipinski definition) is 3. The molecule has 0 aliphatic heterocycles. The first-order chi connectivity index (χ1) is 5.81. The lowest BCUT2D eigenvalue weighted by molar-refractivity contribution is -0.133. The van der Waals surface area contributed by atoms with Gasteiger partial charge in [0, 0.05) is 19.6 Å². The van der Waals surface area contributed by atoms with Crippen LogP contribution in [0.5, 0.6) is 0 Å². The van der Waals surface area contributed by atoms with Crippen LogP contribution in [0.1, 0.15) is 26.7 Å². The average molecular weight is 175 g/mol. The van der Waals surface area contributed by atoms with Gasteiger partial charge in [0.25, 0.3) is 0 Å². The van der Waals surface area contributed by atoms with Crippen LogP contribution in [0.3, 0.4) is 0 Å². The molecule has 0 spiro atoms. The van der Waals surface area contributed by atoms with Gasteiger partial charge in [-0.15, -0.1) is 0 Å². The highest BCUT2D eigenvalue weighted by Gasteiger charge is 1.98. The van der Waals surface area contributed by atoms with Crippen LogP contribution in [0.2, 0.25) is 0 Å². The van der Waals surface area contributed by atoms with Crippen molar-refractivity contribution in [3.63, 3.8) is 0 Å². The van der Waals surface area contributed by atoms with Crippen molar-refractivity contribution in [1.82, 2.24) is 5.48 Å². The number of rotatable bonds is 7. The highest BCUT2D eigenvalue weighted by molar-refractivity contribution is 5.74. The van der Waals surface area contributed by atoms with Crippen molar-refractivity contribution in [2.45, 2.75) is 26.7 Å². The van der Waals surface area contributed by atoms with Crippen LogP contribution in [0.25, 0.3) is 0 Å². The lowest BCUT2D eigenvalue weighted by atomic mass is 10.3. The molecular formula is C8H17NO3. The normalized spacial score (nSPS) is 9.83. The molecule has 1 N–H and O–H groups in total. The first kappa shape index (κ1) is 11.4. The highest BCUT2D eigenvalue weighted by Crippen LogP contribution is 1.89. The van der Waals surface area contributed by atoms with E-state index in [0.717, 1.165) is 6.42 Å². The third-order valence-corrected chi connectivity index (χ3v) is 1.23. The molecule has 1 amide bonds. The Balaban J connectivity index is 3.08. The summed E-state index contributed by atoms with van der Waals surface area (Å²) in [5.74, 6) is -0.0865. The Labute approximate surface area is 73.2 Å². The number of carbonyl (C=O) groups is 1. The molecule has 0 rings (SSSR count). The molecule has 0 aromatic rings. The van der Waals surface area contributed by atoms with Gasteiger partial charge in [0.05, 0.1) is 6.61 Å². The topological polar surface area (TPSA) is 47.6 Å². The zero-order valence-electron chi connectivity index (χ0n) is 7.76. The summed E-state index contributed by atoms with van der Waals surface area (Å²) in [6.45, 7) is 5.58. The minimum Gasteiger partial charge on any atom is -0.382 e. The molecule has 0 radical (unpaired) electrons. The molecule has 0 fully saturated rings. The van der Waals surface area contributed by atoms with Crippen molar-refractivity contribution in [2.75, 3.05) is 19.8 Å². The van der Waals surface area contributed by atoms with E-state index in [0.29, 0.717) is 26.2 Å². The molecule has 72 valence electrons. The summed E-state index contributed by atoms with van der Waals surface area (Å²) in [5.41, 5.74) is 2.31. The monoisotopic (exact) mass is 175 g/mol. The SMILES string of the molecule is CCOCCCC(=O)NOCC. The molecular weight excluding hydrogens is 158 g/mol. The second-order valence-corrected chi connectivity index (χ2v) is 2.26. The van der Waals surface area contributed by atoms with Gasteiger partial charge in [-0.25, -0.2) is 5.48 Å². The van der Waals surface area contributed by atoms with Gasteiger partial charge in [-0.3, -0.25) is 9.63 Å². The van der Waals surface area contributed by atoms with Crippen molar-refractivity contribution < 1.29 is 14.4 Å². The van der Waals surface area contributed by atoms with Gasteiger partial charge in [-0.1, -0.05) is 0 Å². The van der Waals surface area contributed by atoms with Crippen LogP contribution >= 0.6 is 0 Å². The molecule has 0 bridgehead atoms. The molecule has 0 atom stereocenters. The average Bonchev–Trinajstić information content (AvgIpc) is 2.09. The Morgan fingerprint density at radius 1 is 1.33 bits per heavy atom. The predicted octanol–water partition coefficient (Wildman–Crippen LogP) is 0.871. The molecule has 0 aliphatic carbocycles. The lowest BCUT2D eigenvalue weighted by Gasteiger charge is -2.03. The standard InChI is InChI=1S/C8H17NO3/c1-3-11-7-5-6-8(10)9-12-4-2/h3-7H2,1-2H3,(H,9,10). The second kappa shape index (κ2) is 8.49. The van der Waals surface area contributed by atoms with E-state index in [9.17, 15) is 4.79 Å². The molecule has 0 saturated heterocycles. The molecule has 0 aromatic heterocycles. The van der Waals surface area contributed by atoms with E-state index in [1.807, 2.05) is 13.8 Å². The highest BCUT2D eigenvalue weighted by atomic mass is 16.6. The molecule has 0 aliphatic rings. The van der Waals surface area contributed by atoms with E-state index in [-0.39, 0.29) is 5.91 Å². The third-order valence-electron chi connectivity index (χ3n) is 1.23. The van der Waals surface area contributed by atoms with E-state index in [2.05, 4.69) is 5.48 Å². The summed E-state index contributed by atoms with van der Waals surface area (Å²) in [6, 6.07) is 0. The smallest absolute Gasteiger partial charge is 0.243 e. The fourth-order valence-corrected chi connectivity index (χ4v) is 0.683. The molecule has 4 nitrogen and oxygen atoms in total. The molecule has 12 heavy (non-hydrogen) atoms. The fraction of sp³-hybridized carbons (Fsp3) is 0.875. The van der Waals surface area contributed by atoms with Crippen molar-refractivity contribution in [1.29, 1.82) is 0 Å². The predicted molar refractivity (Wildman–Crippen MR) is 45.5 cm³/mol. The van der Waals surface area contributed by atoms with Gasteiger partial charge in [0.2, 0.25) is 5.91 Å². The molecule has 0 unspecified atom stereocenters. The van der Waals surface area contributed by atoms with Gasteiger partial charge < -0.3 is 4.74 Å². The first-order valence-corrected chi connectivity index (χ1v) is 4.29. The Hall–Kier alpha value is -0.610. The molecule has 0 aromatic carbocycles. The maximum Gasteiger partial charge on any atom is 0.243 e. The van der Waals surface area contributed by atoms with Gasteiger partial charge in [0.1, 0.15) is 0 Å². The summed E-state index contributed by atoms with van der Waals surface area (Å²) < 4.78 is 5.07. The molecule has 4 heteroatoms. The first-order valence-electron chi connectivity index (χ1n) is 4.29. The van der Waals surface area contributed by atoms with Crippen LogP contribution < -0.4 is 5.48 Å². The quantitative estimate of drug-likeness (QED) is 0.461. The number of hydrogen-bond donors (Lipinski definition) is 1. The van der Waals surface area contributed by atoms with E-state index in [1.54, 1.807) is 0 Å². The lowest BCUT2D eigenvalue weighted by Crippen LogP contribution is -2.23. The maximum absolute atomic E-state index is 10.9. The Kier molecular flexibility index (Phi) is 8.05. The van der Waals surface area contributed by atoms with E-state index < -0.39 is 0 Å². The van der Waals surface area contributed by atoms with Crippen molar-refractivity contribution in [3.05, 3.63) is 0 Å². The number of hydroxylamine groups is 1. The van der Waals surface area contributed by atoms with Gasteiger partial charge >= 0.3 is 0 Å². The fourth-order valence-electron chi connectivity index (χ4n) is 0.683. The van der Waals surface area contributed by atoms with E-state index in [1.165, 1.54) is 0 Å². The largest absolute Gasteiger partial charge is 0.382 e. The Morgan fingerprint density at radius 2 is 2.08 bits per heavy atom. The zero-order valence-corrected chi connectivity index (χ0v) is 7.76. The maximum atomic E-state index is 10.9. The number of ether oxygens (including phenoxy) is 1. The Bertz CT molecular complexity index is 117. The number of carbonyl (C=O) groups excluding carboxylic acids is 1. The van der Waals surface area contributed by atoms with Gasteiger partial charge in [-0.05, 0) is 20.3 Å². The van der Waals surface area contributed by atoms with Crippen molar-refractivity contribution in [2.24, 2.45) is 0 Å². The summed E-state index contributed by atoms with van der Waals surface area (Å²) in [5, 5.41) is 0. The zero-order chi connectivity index (χ0) is 9.23. The Morgan fingerprint density at radius 3 is 2.67 bits per heavy atom. The minimum atomic E-state index is -0.0865. The van der Waals surface area contributed by atoms with Gasteiger partial charge in [0.15, 0.2) is 0 Å². The third kappa shape index (κ3) is 7.50. The number of nitrogens with one attached hydrogen (secondary N) is 1. The van der Waals surface area contributed by atoms with Gasteiger partial charge in [-0.2, -0.15) is 0 Å². The molecule has 0 saturated carbocycles. The van der Waals surface area contributed by atoms with Crippen LogP contribution in [0, 0.1) is 0 Å². The number of amides is 1. The summed E-state index contributed by atoms with van der Waals surface area (Å²) in [7, 11) is 0. The van der Waals surface area contributed by atoms with Crippen LogP contribution in [0.4, 0.5) is 0 Å². The van der Waals surface area contributed by atoms with E-state index in [4.69, 9.17) is 9.57 Å². The summed E-state index contributed by atoms with van der Waals surface area (Å²) in [4.78, 5) is 15.6. The van der Waals surface area contributed by atoms with Crippen LogP contribution in [0.15, 0.2) is 0 Å². The summed E-state index contributed by atoms with van der Waals surface area (Å²) in [6.07, 6.45) is 1.20. The second-order valence-electron chi connectivity index (χ2n) is 2.26.